The Hall–Kier alpha value is -2.44. The first-order valence-corrected chi connectivity index (χ1v) is 8.70. The van der Waals surface area contributed by atoms with Crippen molar-refractivity contribution in [3.8, 4) is 5.75 Å². The maximum Gasteiger partial charge on any atom is 0.141 e. The molecule has 1 aromatic heterocycles. The van der Waals surface area contributed by atoms with Gasteiger partial charge in [-0.1, -0.05) is 11.6 Å². The second-order valence-electron chi connectivity index (χ2n) is 6.21. The van der Waals surface area contributed by atoms with Crippen LogP contribution in [0.4, 0.5) is 15.9 Å². The van der Waals surface area contributed by atoms with Gasteiger partial charge in [0.05, 0.1) is 23.8 Å². The van der Waals surface area contributed by atoms with Crippen molar-refractivity contribution in [3.05, 3.63) is 53.1 Å². The lowest BCUT2D eigenvalue weighted by Gasteiger charge is -2.16. The Morgan fingerprint density at radius 1 is 1.27 bits per heavy atom. The van der Waals surface area contributed by atoms with Gasteiger partial charge in [0.2, 0.25) is 0 Å². The van der Waals surface area contributed by atoms with Crippen LogP contribution in [0, 0.1) is 12.7 Å². The Balaban J connectivity index is 1.67. The predicted octanol–water partition coefficient (Wildman–Crippen LogP) is 4.64. The molecule has 26 heavy (non-hydrogen) atoms. The first-order valence-electron chi connectivity index (χ1n) is 8.32. The van der Waals surface area contributed by atoms with E-state index in [9.17, 15) is 4.39 Å². The van der Waals surface area contributed by atoms with Crippen molar-refractivity contribution in [2.24, 2.45) is 0 Å². The van der Waals surface area contributed by atoms with Crippen LogP contribution in [-0.2, 0) is 4.74 Å². The average molecular weight is 374 g/mol. The number of aromatic nitrogens is 2. The highest BCUT2D eigenvalue weighted by Crippen LogP contribution is 2.31. The Labute approximate surface area is 155 Å². The summed E-state index contributed by atoms with van der Waals surface area (Å²) >= 11 is 5.85. The summed E-state index contributed by atoms with van der Waals surface area (Å²) in [5, 5.41) is 4.07. The summed E-state index contributed by atoms with van der Waals surface area (Å²) in [7, 11) is 0. The van der Waals surface area contributed by atoms with Crippen molar-refractivity contribution < 1.29 is 13.9 Å². The minimum atomic E-state index is -0.460. The quantitative estimate of drug-likeness (QED) is 0.721. The molecule has 2 aromatic carbocycles. The number of nitrogens with one attached hydrogen (secondary N) is 1. The van der Waals surface area contributed by atoms with Crippen molar-refractivity contribution in [1.82, 2.24) is 9.97 Å². The number of fused-ring (bicyclic) bond motifs is 1. The number of benzene rings is 2. The zero-order chi connectivity index (χ0) is 18.1. The number of nitrogens with zero attached hydrogens (tertiary/aromatic N) is 2. The number of hydrogen-bond acceptors (Lipinski definition) is 5. The van der Waals surface area contributed by atoms with Gasteiger partial charge < -0.3 is 14.8 Å². The van der Waals surface area contributed by atoms with Crippen LogP contribution in [0.15, 0.2) is 36.7 Å². The molecule has 1 N–H and O–H groups in total. The van der Waals surface area contributed by atoms with Crippen LogP contribution in [0.2, 0.25) is 5.02 Å². The summed E-state index contributed by atoms with van der Waals surface area (Å²) in [5.41, 5.74) is 2.40. The molecule has 1 atom stereocenters. The van der Waals surface area contributed by atoms with Gasteiger partial charge in [0, 0.05) is 23.6 Å². The molecule has 7 heteroatoms. The molecule has 3 aromatic rings. The van der Waals surface area contributed by atoms with Gasteiger partial charge in [0.15, 0.2) is 0 Å². The van der Waals surface area contributed by atoms with Gasteiger partial charge in [-0.3, -0.25) is 0 Å². The van der Waals surface area contributed by atoms with E-state index in [1.54, 1.807) is 6.07 Å². The summed E-state index contributed by atoms with van der Waals surface area (Å²) in [5.74, 6) is 0.956. The second-order valence-corrected chi connectivity index (χ2v) is 6.62. The third-order valence-electron chi connectivity index (χ3n) is 4.30. The van der Waals surface area contributed by atoms with Crippen molar-refractivity contribution in [2.45, 2.75) is 19.4 Å². The summed E-state index contributed by atoms with van der Waals surface area (Å²) in [6, 6.07) is 8.34. The number of rotatable bonds is 4. The van der Waals surface area contributed by atoms with Crippen LogP contribution < -0.4 is 10.1 Å². The molecular formula is C19H17ClFN3O2. The predicted molar refractivity (Wildman–Crippen MR) is 98.8 cm³/mol. The van der Waals surface area contributed by atoms with E-state index < -0.39 is 5.82 Å². The Bertz CT molecular complexity index is 961. The van der Waals surface area contributed by atoms with Crippen molar-refractivity contribution in [1.29, 1.82) is 0 Å². The normalized spacial score (nSPS) is 16.8. The highest BCUT2D eigenvalue weighted by molar-refractivity contribution is 6.31. The van der Waals surface area contributed by atoms with Crippen LogP contribution in [0.1, 0.15) is 12.0 Å². The van der Waals surface area contributed by atoms with Gasteiger partial charge >= 0.3 is 0 Å². The molecule has 0 spiro atoms. The second kappa shape index (κ2) is 7.05. The molecule has 1 aliphatic heterocycles. The number of aryl methyl sites for hydroxylation is 1. The average Bonchev–Trinajstić information content (AvgIpc) is 3.13. The molecule has 1 unspecified atom stereocenters. The largest absolute Gasteiger partial charge is 0.488 e. The van der Waals surface area contributed by atoms with E-state index in [2.05, 4.69) is 15.3 Å². The highest BCUT2D eigenvalue weighted by Gasteiger charge is 2.19. The van der Waals surface area contributed by atoms with Crippen LogP contribution in [0.25, 0.3) is 10.9 Å². The van der Waals surface area contributed by atoms with E-state index in [-0.39, 0.29) is 11.1 Å². The van der Waals surface area contributed by atoms with Crippen molar-refractivity contribution in [2.75, 3.05) is 18.5 Å². The SMILES string of the molecule is Cc1cc2c(Nc3ccc(F)c(Cl)c3)ncnc2cc1OC1CCOC1. The molecule has 2 heterocycles. The molecule has 5 nitrogen and oxygen atoms in total. The lowest BCUT2D eigenvalue weighted by Crippen LogP contribution is -2.16. The van der Waals surface area contributed by atoms with E-state index in [4.69, 9.17) is 21.1 Å². The van der Waals surface area contributed by atoms with Gasteiger partial charge in [-0.15, -0.1) is 0 Å². The van der Waals surface area contributed by atoms with E-state index in [0.717, 1.165) is 35.2 Å². The molecule has 4 rings (SSSR count). The van der Waals surface area contributed by atoms with E-state index >= 15 is 0 Å². The zero-order valence-electron chi connectivity index (χ0n) is 14.1. The van der Waals surface area contributed by atoms with Crippen LogP contribution >= 0.6 is 11.6 Å². The highest BCUT2D eigenvalue weighted by atomic mass is 35.5. The fraction of sp³-hybridized carbons (Fsp3) is 0.263. The monoisotopic (exact) mass is 373 g/mol. The van der Waals surface area contributed by atoms with E-state index in [0.29, 0.717) is 18.1 Å². The van der Waals surface area contributed by atoms with Crippen LogP contribution in [0.3, 0.4) is 0 Å². The molecule has 0 radical (unpaired) electrons. The molecule has 0 amide bonds. The third-order valence-corrected chi connectivity index (χ3v) is 4.59. The number of ether oxygens (including phenoxy) is 2. The van der Waals surface area contributed by atoms with Gasteiger partial charge in [-0.2, -0.15) is 0 Å². The lowest BCUT2D eigenvalue weighted by molar-refractivity contribution is 0.141. The summed E-state index contributed by atoms with van der Waals surface area (Å²) < 4.78 is 24.7. The number of hydrogen-bond donors (Lipinski definition) is 1. The molecule has 1 aliphatic rings. The Kier molecular flexibility index (Phi) is 4.61. The molecular weight excluding hydrogens is 357 g/mol. The van der Waals surface area contributed by atoms with Crippen LogP contribution in [0.5, 0.6) is 5.75 Å². The third kappa shape index (κ3) is 3.43. The molecule has 1 saturated heterocycles. The molecule has 0 aliphatic carbocycles. The van der Waals surface area contributed by atoms with Gasteiger partial charge in [0.25, 0.3) is 0 Å². The Morgan fingerprint density at radius 3 is 2.92 bits per heavy atom. The first-order chi connectivity index (χ1) is 12.6. The number of halogens is 2. The molecule has 0 bridgehead atoms. The Morgan fingerprint density at radius 2 is 2.15 bits per heavy atom. The number of anilines is 2. The van der Waals surface area contributed by atoms with E-state index in [1.807, 2.05) is 19.1 Å². The minimum Gasteiger partial charge on any atom is -0.488 e. The molecule has 134 valence electrons. The standard InChI is InChI=1S/C19H17ClFN3O2/c1-11-6-14-17(8-18(11)26-13-4-5-25-9-13)22-10-23-19(14)24-12-2-3-16(21)15(20)7-12/h2-3,6-8,10,13H,4-5,9H2,1H3,(H,22,23,24). The maximum atomic E-state index is 13.3. The topological polar surface area (TPSA) is 56.3 Å². The van der Waals surface area contributed by atoms with E-state index in [1.165, 1.54) is 18.5 Å². The summed E-state index contributed by atoms with van der Waals surface area (Å²) in [4.78, 5) is 8.65. The summed E-state index contributed by atoms with van der Waals surface area (Å²) in [6.45, 7) is 3.32. The van der Waals surface area contributed by atoms with Crippen LogP contribution in [-0.4, -0.2) is 29.3 Å². The van der Waals surface area contributed by atoms with Gasteiger partial charge in [-0.05, 0) is 36.8 Å². The van der Waals surface area contributed by atoms with Gasteiger partial charge in [-0.25, -0.2) is 14.4 Å². The maximum absolute atomic E-state index is 13.3. The first kappa shape index (κ1) is 17.0. The fourth-order valence-corrected chi connectivity index (χ4v) is 3.10. The lowest BCUT2D eigenvalue weighted by atomic mass is 10.1. The summed E-state index contributed by atoms with van der Waals surface area (Å²) in [6.07, 6.45) is 2.44. The fourth-order valence-electron chi connectivity index (χ4n) is 2.91. The molecule has 0 saturated carbocycles. The zero-order valence-corrected chi connectivity index (χ0v) is 14.9. The van der Waals surface area contributed by atoms with Crippen molar-refractivity contribution in [3.63, 3.8) is 0 Å². The minimum absolute atomic E-state index is 0.0546. The smallest absolute Gasteiger partial charge is 0.141 e. The van der Waals surface area contributed by atoms with Gasteiger partial charge in [0.1, 0.15) is 29.8 Å². The van der Waals surface area contributed by atoms with Crippen molar-refractivity contribution >= 4 is 34.0 Å². The molecule has 1 fully saturated rings.